The minimum Gasteiger partial charge on any atom is -0.482 e. The van der Waals surface area contributed by atoms with E-state index in [1.165, 1.54) is 5.56 Å². The van der Waals surface area contributed by atoms with Crippen LogP contribution in [0.3, 0.4) is 0 Å². The molecule has 0 fully saturated rings. The summed E-state index contributed by atoms with van der Waals surface area (Å²) >= 11 is 9.33. The van der Waals surface area contributed by atoms with Crippen molar-refractivity contribution in [2.24, 2.45) is 7.05 Å². The van der Waals surface area contributed by atoms with Crippen LogP contribution in [0.5, 0.6) is 5.75 Å². The molecule has 2 aromatic carbocycles. The molecule has 0 amide bonds. The van der Waals surface area contributed by atoms with Gasteiger partial charge in [0.25, 0.3) is 0 Å². The average molecular weight is 471 g/mol. The second-order valence-electron chi connectivity index (χ2n) is 7.37. The van der Waals surface area contributed by atoms with Crippen LogP contribution in [0.4, 0.5) is 0 Å². The fourth-order valence-electron chi connectivity index (χ4n) is 3.22. The summed E-state index contributed by atoms with van der Waals surface area (Å²) in [7, 11) is 1.96. The Hall–Kier alpha value is -2.35. The van der Waals surface area contributed by atoms with Crippen LogP contribution in [0.1, 0.15) is 35.7 Å². The third kappa shape index (κ3) is 5.11. The molecule has 2 heterocycles. The number of benzene rings is 2. The third-order valence-electron chi connectivity index (χ3n) is 4.84. The summed E-state index contributed by atoms with van der Waals surface area (Å²) in [5, 5.41) is 13.4. The summed E-state index contributed by atoms with van der Waals surface area (Å²) in [4.78, 5) is 4.79. The Bertz CT molecular complexity index is 1200. The van der Waals surface area contributed by atoms with Crippen LogP contribution in [-0.2, 0) is 12.8 Å². The molecule has 0 bridgehead atoms. The monoisotopic (exact) mass is 470 g/mol. The Morgan fingerprint density at radius 2 is 2.00 bits per heavy atom. The van der Waals surface area contributed by atoms with Gasteiger partial charge < -0.3 is 9.30 Å². The molecule has 0 saturated heterocycles. The van der Waals surface area contributed by atoms with Crippen molar-refractivity contribution in [3.05, 3.63) is 75.5 Å². The van der Waals surface area contributed by atoms with Crippen LogP contribution >= 0.6 is 34.7 Å². The molecule has 160 valence electrons. The van der Waals surface area contributed by atoms with Gasteiger partial charge in [-0.15, -0.1) is 21.5 Å². The highest BCUT2D eigenvalue weighted by Gasteiger charge is 2.18. The van der Waals surface area contributed by atoms with E-state index in [2.05, 4.69) is 46.8 Å². The highest BCUT2D eigenvalue weighted by Crippen LogP contribution is 2.30. The minimum atomic E-state index is -0.237. The number of aryl methyl sites for hydroxylation is 2. The highest BCUT2D eigenvalue weighted by atomic mass is 35.5. The Labute approximate surface area is 195 Å². The van der Waals surface area contributed by atoms with E-state index in [0.29, 0.717) is 5.02 Å². The molecule has 0 aliphatic carbocycles. The van der Waals surface area contributed by atoms with E-state index in [-0.39, 0.29) is 6.10 Å². The Morgan fingerprint density at radius 3 is 2.77 bits per heavy atom. The highest BCUT2D eigenvalue weighted by molar-refractivity contribution is 7.98. The Kier molecular flexibility index (Phi) is 6.65. The normalized spacial score (nSPS) is 12.2. The number of thiazole rings is 1. The van der Waals surface area contributed by atoms with Crippen LogP contribution in [0.25, 0.3) is 10.6 Å². The van der Waals surface area contributed by atoms with E-state index in [1.807, 2.05) is 43.7 Å². The molecule has 0 spiro atoms. The van der Waals surface area contributed by atoms with E-state index in [0.717, 1.165) is 44.3 Å². The molecule has 4 rings (SSSR count). The van der Waals surface area contributed by atoms with E-state index in [9.17, 15) is 0 Å². The minimum absolute atomic E-state index is 0.237. The van der Waals surface area contributed by atoms with Gasteiger partial charge in [0, 0.05) is 28.8 Å². The fourth-order valence-corrected chi connectivity index (χ4v) is 5.18. The van der Waals surface area contributed by atoms with Crippen LogP contribution in [0, 0.1) is 13.8 Å². The smallest absolute Gasteiger partial charge is 0.191 e. The average Bonchev–Trinajstić information content (AvgIpc) is 3.35. The quantitative estimate of drug-likeness (QED) is 0.283. The summed E-state index contributed by atoms with van der Waals surface area (Å²) in [6, 6.07) is 14.0. The lowest BCUT2D eigenvalue weighted by molar-refractivity contribution is 0.210. The van der Waals surface area contributed by atoms with Gasteiger partial charge in [-0.05, 0) is 50.6 Å². The first kappa shape index (κ1) is 21.9. The summed E-state index contributed by atoms with van der Waals surface area (Å²) < 4.78 is 8.08. The van der Waals surface area contributed by atoms with Crippen LogP contribution in [0.2, 0.25) is 5.02 Å². The summed E-state index contributed by atoms with van der Waals surface area (Å²) in [6.07, 6.45) is -0.237. The van der Waals surface area contributed by atoms with Gasteiger partial charge in [0.05, 0.1) is 5.69 Å². The molecule has 4 aromatic rings. The number of nitrogens with zero attached hydrogens (tertiary/aromatic N) is 4. The summed E-state index contributed by atoms with van der Waals surface area (Å²) in [5.41, 5.74) is 4.42. The van der Waals surface area contributed by atoms with E-state index < -0.39 is 0 Å². The van der Waals surface area contributed by atoms with Crippen molar-refractivity contribution in [1.82, 2.24) is 19.7 Å². The Balaban J connectivity index is 1.42. The molecule has 0 aliphatic heterocycles. The fraction of sp³-hybridized carbons (Fsp3) is 0.261. The van der Waals surface area contributed by atoms with Crippen molar-refractivity contribution in [1.29, 1.82) is 0 Å². The van der Waals surface area contributed by atoms with Crippen molar-refractivity contribution in [3.63, 3.8) is 0 Å². The van der Waals surface area contributed by atoms with Gasteiger partial charge in [0.2, 0.25) is 0 Å². The molecule has 5 nitrogen and oxygen atoms in total. The zero-order valence-electron chi connectivity index (χ0n) is 17.8. The SMILES string of the molecule is Cc1cccc(-c2nc(CSc3nnc(C(C)Oc4ccc(Cl)cc4C)n3C)cs2)c1. The predicted octanol–water partition coefficient (Wildman–Crippen LogP) is 6.64. The molecule has 0 aliphatic rings. The van der Waals surface area contributed by atoms with Gasteiger partial charge >= 0.3 is 0 Å². The number of aromatic nitrogens is 4. The number of hydrogen-bond donors (Lipinski definition) is 0. The molecular formula is C23H23ClN4OS2. The van der Waals surface area contributed by atoms with Gasteiger partial charge in [-0.25, -0.2) is 4.98 Å². The largest absolute Gasteiger partial charge is 0.482 e. The first-order valence-corrected chi connectivity index (χ1v) is 12.1. The molecule has 0 radical (unpaired) electrons. The van der Waals surface area contributed by atoms with Crippen molar-refractivity contribution in [2.75, 3.05) is 0 Å². The second-order valence-corrected chi connectivity index (χ2v) is 9.61. The van der Waals surface area contributed by atoms with Gasteiger partial charge in [0.15, 0.2) is 17.1 Å². The molecule has 31 heavy (non-hydrogen) atoms. The van der Waals surface area contributed by atoms with Gasteiger partial charge in [-0.3, -0.25) is 0 Å². The van der Waals surface area contributed by atoms with E-state index >= 15 is 0 Å². The zero-order chi connectivity index (χ0) is 22.0. The number of rotatable bonds is 7. The van der Waals surface area contributed by atoms with Gasteiger partial charge in [-0.1, -0.05) is 47.1 Å². The molecule has 2 aromatic heterocycles. The maximum atomic E-state index is 6.10. The Morgan fingerprint density at radius 1 is 1.16 bits per heavy atom. The lowest BCUT2D eigenvalue weighted by Crippen LogP contribution is -2.10. The number of hydrogen-bond acceptors (Lipinski definition) is 6. The van der Waals surface area contributed by atoms with Crippen molar-refractivity contribution in [3.8, 4) is 16.3 Å². The maximum absolute atomic E-state index is 6.10. The first-order valence-electron chi connectivity index (χ1n) is 9.87. The topological polar surface area (TPSA) is 52.8 Å². The zero-order valence-corrected chi connectivity index (χ0v) is 20.2. The maximum Gasteiger partial charge on any atom is 0.191 e. The number of halogens is 1. The lowest BCUT2D eigenvalue weighted by Gasteiger charge is -2.16. The first-order chi connectivity index (χ1) is 14.9. The lowest BCUT2D eigenvalue weighted by atomic mass is 10.1. The van der Waals surface area contributed by atoms with Crippen LogP contribution in [-0.4, -0.2) is 19.7 Å². The van der Waals surface area contributed by atoms with Crippen LogP contribution < -0.4 is 4.74 Å². The third-order valence-corrected chi connectivity index (χ3v) is 7.07. The van der Waals surface area contributed by atoms with Crippen LogP contribution in [0.15, 0.2) is 53.0 Å². The second kappa shape index (κ2) is 9.42. The van der Waals surface area contributed by atoms with Gasteiger partial charge in [0.1, 0.15) is 10.8 Å². The van der Waals surface area contributed by atoms with Crippen molar-refractivity contribution >= 4 is 34.7 Å². The molecular weight excluding hydrogens is 448 g/mol. The van der Waals surface area contributed by atoms with E-state index in [1.54, 1.807) is 23.1 Å². The number of thioether (sulfide) groups is 1. The van der Waals surface area contributed by atoms with Gasteiger partial charge in [-0.2, -0.15) is 0 Å². The van der Waals surface area contributed by atoms with Crippen molar-refractivity contribution in [2.45, 2.75) is 37.8 Å². The molecule has 0 saturated carbocycles. The molecule has 1 atom stereocenters. The standard InChI is InChI=1S/C23H23ClN4OS2/c1-14-6-5-7-17(10-14)22-25-19(12-30-22)13-31-23-27-26-21(28(23)4)16(3)29-20-9-8-18(24)11-15(20)2/h5-12,16H,13H2,1-4H3. The molecule has 1 unspecified atom stereocenters. The molecule has 8 heteroatoms. The predicted molar refractivity (Wildman–Crippen MR) is 128 cm³/mol. The molecule has 0 N–H and O–H groups in total. The van der Waals surface area contributed by atoms with E-state index in [4.69, 9.17) is 21.3 Å². The number of ether oxygens (including phenoxy) is 1. The van der Waals surface area contributed by atoms with Crippen molar-refractivity contribution < 1.29 is 4.74 Å². The summed E-state index contributed by atoms with van der Waals surface area (Å²) in [6.45, 7) is 6.05. The summed E-state index contributed by atoms with van der Waals surface area (Å²) in [5.74, 6) is 2.30.